The Balaban J connectivity index is 1.70. The second kappa shape index (κ2) is 6.37. The van der Waals surface area contributed by atoms with Crippen molar-refractivity contribution in [2.45, 2.75) is 38.8 Å². The molecule has 5 heteroatoms. The molecule has 1 aromatic carbocycles. The number of benzene rings is 1. The number of nitrogens with zero attached hydrogens (tertiary/aromatic N) is 3. The van der Waals surface area contributed by atoms with E-state index in [9.17, 15) is 5.11 Å². The Bertz CT molecular complexity index is 575. The number of aryl methyl sites for hydroxylation is 1. The topological polar surface area (TPSA) is 62.4 Å². The third-order valence-electron chi connectivity index (χ3n) is 4.09. The third-order valence-corrected chi connectivity index (χ3v) is 4.09. The second-order valence-electron chi connectivity index (χ2n) is 5.66. The van der Waals surface area contributed by atoms with Crippen LogP contribution in [0.5, 0.6) is 0 Å². The van der Waals surface area contributed by atoms with E-state index in [4.69, 9.17) is 4.52 Å². The van der Waals surface area contributed by atoms with E-state index in [0.29, 0.717) is 30.8 Å². The first kappa shape index (κ1) is 14.2. The summed E-state index contributed by atoms with van der Waals surface area (Å²) in [6, 6.07) is 8.60. The van der Waals surface area contributed by atoms with Crippen LogP contribution < -0.4 is 0 Å². The predicted octanol–water partition coefficient (Wildman–Crippen LogP) is 2.39. The minimum absolute atomic E-state index is 0.166. The quantitative estimate of drug-likeness (QED) is 0.884. The summed E-state index contributed by atoms with van der Waals surface area (Å²) in [6.45, 7) is 3.52. The summed E-state index contributed by atoms with van der Waals surface area (Å²) < 4.78 is 5.35. The van der Waals surface area contributed by atoms with Gasteiger partial charge in [-0.15, -0.1) is 0 Å². The van der Waals surface area contributed by atoms with Crippen molar-refractivity contribution in [1.29, 1.82) is 0 Å². The number of aliphatic hydroxyl groups is 1. The van der Waals surface area contributed by atoms with Crippen LogP contribution in [-0.4, -0.2) is 39.3 Å². The van der Waals surface area contributed by atoms with Crippen molar-refractivity contribution in [2.75, 3.05) is 13.2 Å². The highest BCUT2D eigenvalue weighted by Gasteiger charge is 2.25. The van der Waals surface area contributed by atoms with Crippen LogP contribution in [0.25, 0.3) is 11.5 Å². The van der Waals surface area contributed by atoms with E-state index in [1.165, 1.54) is 24.8 Å². The lowest BCUT2D eigenvalue weighted by Crippen LogP contribution is -2.41. The molecule has 3 rings (SSSR count). The molecule has 1 aliphatic rings. The zero-order valence-corrected chi connectivity index (χ0v) is 12.3. The van der Waals surface area contributed by atoms with Crippen LogP contribution in [0.3, 0.4) is 0 Å². The van der Waals surface area contributed by atoms with Gasteiger partial charge in [0.2, 0.25) is 0 Å². The van der Waals surface area contributed by atoms with Crippen molar-refractivity contribution < 1.29 is 9.63 Å². The summed E-state index contributed by atoms with van der Waals surface area (Å²) in [7, 11) is 0. The highest BCUT2D eigenvalue weighted by molar-refractivity contribution is 5.53. The van der Waals surface area contributed by atoms with E-state index in [1.807, 2.05) is 24.3 Å². The van der Waals surface area contributed by atoms with Crippen LogP contribution in [-0.2, 0) is 6.54 Å². The highest BCUT2D eigenvalue weighted by Crippen LogP contribution is 2.26. The molecule has 0 atom stereocenters. The van der Waals surface area contributed by atoms with Gasteiger partial charge in [-0.05, 0) is 31.9 Å². The summed E-state index contributed by atoms with van der Waals surface area (Å²) in [5, 5.41) is 13.3. The molecule has 0 saturated heterocycles. The predicted molar refractivity (Wildman–Crippen MR) is 79.6 cm³/mol. The zero-order chi connectivity index (χ0) is 14.7. The van der Waals surface area contributed by atoms with Crippen LogP contribution in [0.2, 0.25) is 0 Å². The summed E-state index contributed by atoms with van der Waals surface area (Å²) in [5.74, 6) is 1.24. The lowest BCUT2D eigenvalue weighted by atomic mass is 9.91. The average molecular weight is 287 g/mol. The summed E-state index contributed by atoms with van der Waals surface area (Å²) in [4.78, 5) is 6.72. The van der Waals surface area contributed by atoms with Gasteiger partial charge in [-0.25, -0.2) is 0 Å². The number of hydrogen-bond acceptors (Lipinski definition) is 5. The average Bonchev–Trinajstić information content (AvgIpc) is 2.86. The van der Waals surface area contributed by atoms with Gasteiger partial charge < -0.3 is 9.63 Å². The first-order valence-electron chi connectivity index (χ1n) is 7.51. The fourth-order valence-corrected chi connectivity index (χ4v) is 2.58. The van der Waals surface area contributed by atoms with Gasteiger partial charge in [0.25, 0.3) is 5.89 Å². The van der Waals surface area contributed by atoms with E-state index in [1.54, 1.807) is 0 Å². The molecule has 0 amide bonds. The maximum Gasteiger partial charge on any atom is 0.257 e. The van der Waals surface area contributed by atoms with Crippen molar-refractivity contribution in [3.63, 3.8) is 0 Å². The van der Waals surface area contributed by atoms with Crippen LogP contribution in [0.1, 0.15) is 30.7 Å². The fourth-order valence-electron chi connectivity index (χ4n) is 2.58. The molecule has 2 aromatic rings. The van der Waals surface area contributed by atoms with Gasteiger partial charge in [-0.3, -0.25) is 4.90 Å². The molecule has 0 aliphatic heterocycles. The summed E-state index contributed by atoms with van der Waals surface area (Å²) in [6.07, 6.45) is 3.67. The smallest absolute Gasteiger partial charge is 0.257 e. The molecule has 5 nitrogen and oxygen atoms in total. The molecule has 0 spiro atoms. The zero-order valence-electron chi connectivity index (χ0n) is 12.3. The molecule has 112 valence electrons. The maximum atomic E-state index is 9.19. The minimum atomic E-state index is 0.166. The maximum absolute atomic E-state index is 9.19. The summed E-state index contributed by atoms with van der Waals surface area (Å²) in [5.41, 5.74) is 2.15. The van der Waals surface area contributed by atoms with Crippen molar-refractivity contribution >= 4 is 0 Å². The Hall–Kier alpha value is -1.72. The summed E-state index contributed by atoms with van der Waals surface area (Å²) >= 11 is 0. The first-order chi connectivity index (χ1) is 10.3. The van der Waals surface area contributed by atoms with Gasteiger partial charge in [0, 0.05) is 18.2 Å². The van der Waals surface area contributed by atoms with Gasteiger partial charge in [-0.1, -0.05) is 29.3 Å². The van der Waals surface area contributed by atoms with E-state index < -0.39 is 0 Å². The molecule has 0 unspecified atom stereocenters. The number of aromatic nitrogens is 2. The normalized spacial score (nSPS) is 15.4. The van der Waals surface area contributed by atoms with E-state index >= 15 is 0 Å². The standard InChI is InChI=1S/C16H21N3O2/c1-12-5-7-13(8-6-12)16-17-15(18-21-16)11-19(9-10-20)14-3-2-4-14/h5-8,14,20H,2-4,9-11H2,1H3. The fraction of sp³-hybridized carbons (Fsp3) is 0.500. The lowest BCUT2D eigenvalue weighted by molar-refractivity contribution is 0.0912. The second-order valence-corrected chi connectivity index (χ2v) is 5.66. The van der Waals surface area contributed by atoms with Crippen LogP contribution in [0.15, 0.2) is 28.8 Å². The first-order valence-corrected chi connectivity index (χ1v) is 7.51. The van der Waals surface area contributed by atoms with Crippen LogP contribution in [0, 0.1) is 6.92 Å². The lowest BCUT2D eigenvalue weighted by Gasteiger charge is -2.36. The molecule has 1 fully saturated rings. The molecule has 0 bridgehead atoms. The largest absolute Gasteiger partial charge is 0.395 e. The molecule has 1 heterocycles. The highest BCUT2D eigenvalue weighted by atomic mass is 16.5. The van der Waals surface area contributed by atoms with Gasteiger partial charge in [-0.2, -0.15) is 4.98 Å². The van der Waals surface area contributed by atoms with Crippen LogP contribution >= 0.6 is 0 Å². The van der Waals surface area contributed by atoms with Crippen molar-refractivity contribution in [2.24, 2.45) is 0 Å². The number of hydrogen-bond donors (Lipinski definition) is 1. The van der Waals surface area contributed by atoms with E-state index in [-0.39, 0.29) is 6.61 Å². The Morgan fingerprint density at radius 2 is 2.05 bits per heavy atom. The minimum Gasteiger partial charge on any atom is -0.395 e. The Morgan fingerprint density at radius 3 is 2.67 bits per heavy atom. The third kappa shape index (κ3) is 3.31. The monoisotopic (exact) mass is 287 g/mol. The molecule has 1 N–H and O–H groups in total. The Kier molecular flexibility index (Phi) is 4.31. The molecule has 1 saturated carbocycles. The van der Waals surface area contributed by atoms with Gasteiger partial charge in [0.05, 0.1) is 13.2 Å². The van der Waals surface area contributed by atoms with E-state index in [2.05, 4.69) is 22.0 Å². The molecule has 1 aliphatic carbocycles. The molecule has 1 aromatic heterocycles. The van der Waals surface area contributed by atoms with Crippen molar-refractivity contribution in [1.82, 2.24) is 15.0 Å². The van der Waals surface area contributed by atoms with E-state index in [0.717, 1.165) is 5.56 Å². The molecular weight excluding hydrogens is 266 g/mol. The molecule has 21 heavy (non-hydrogen) atoms. The van der Waals surface area contributed by atoms with Crippen LogP contribution in [0.4, 0.5) is 0 Å². The van der Waals surface area contributed by atoms with Gasteiger partial charge in [0.1, 0.15) is 0 Å². The number of aliphatic hydroxyl groups excluding tert-OH is 1. The number of rotatable bonds is 6. The Labute approximate surface area is 124 Å². The molecular formula is C16H21N3O2. The van der Waals surface area contributed by atoms with Gasteiger partial charge in [0.15, 0.2) is 5.82 Å². The van der Waals surface area contributed by atoms with Crippen molar-refractivity contribution in [3.8, 4) is 11.5 Å². The van der Waals surface area contributed by atoms with Crippen molar-refractivity contribution in [3.05, 3.63) is 35.7 Å². The SMILES string of the molecule is Cc1ccc(-c2nc(CN(CCO)C3CCC3)no2)cc1. The molecule has 0 radical (unpaired) electrons. The van der Waals surface area contributed by atoms with Gasteiger partial charge >= 0.3 is 0 Å². The Morgan fingerprint density at radius 1 is 1.29 bits per heavy atom.